The fraction of sp³-hybridized carbons (Fsp3) is 0.538. The molecule has 0 aliphatic carbocycles. The number of nitrogens with two attached hydrogens (primary N) is 1. The number of nitrogen functional groups attached to an aromatic ring is 1. The Kier molecular flexibility index (Phi) is 4.37. The highest BCUT2D eigenvalue weighted by Gasteiger charge is 2.28. The Bertz CT molecular complexity index is 560. The Morgan fingerprint density at radius 1 is 1.43 bits per heavy atom. The van der Waals surface area contributed by atoms with Gasteiger partial charge in [0.1, 0.15) is 12.4 Å². The summed E-state index contributed by atoms with van der Waals surface area (Å²) in [7, 11) is 1.72. The molecule has 0 unspecified atom stereocenters. The molecular weight excluding hydrogens is 272 g/mol. The number of aromatic nitrogens is 2. The largest absolute Gasteiger partial charge is 0.342 e. The van der Waals surface area contributed by atoms with Gasteiger partial charge in [-0.2, -0.15) is 0 Å². The second-order valence-electron chi connectivity index (χ2n) is 5.33. The quantitative estimate of drug-likeness (QED) is 0.590. The molecule has 1 aromatic heterocycles. The van der Waals surface area contributed by atoms with Gasteiger partial charge in [-0.1, -0.05) is 13.8 Å². The molecule has 1 aliphatic heterocycles. The third-order valence-electron chi connectivity index (χ3n) is 3.43. The van der Waals surface area contributed by atoms with Gasteiger partial charge in [0.2, 0.25) is 5.91 Å². The Balaban J connectivity index is 2.29. The van der Waals surface area contributed by atoms with E-state index in [1.54, 1.807) is 11.9 Å². The van der Waals surface area contributed by atoms with Crippen LogP contribution in [0.2, 0.25) is 0 Å². The SMILES string of the molecule is CC(C)c1ncc(NN)c(C(=O)N2CCN(C)C(=O)C2)n1. The highest BCUT2D eigenvalue weighted by Crippen LogP contribution is 2.18. The molecule has 1 saturated heterocycles. The molecule has 114 valence electrons. The standard InChI is InChI=1S/C13H20N6O2/c1-8(2)12-15-6-9(17-14)11(16-12)13(21)19-5-4-18(3)10(20)7-19/h6,8,17H,4-5,7,14H2,1-3H3. The highest BCUT2D eigenvalue weighted by atomic mass is 16.2. The number of nitrogens with one attached hydrogen (secondary N) is 1. The van der Waals surface area contributed by atoms with Gasteiger partial charge in [0.15, 0.2) is 5.69 Å². The molecule has 8 nitrogen and oxygen atoms in total. The summed E-state index contributed by atoms with van der Waals surface area (Å²) in [6.45, 7) is 4.93. The molecule has 1 aromatic rings. The molecule has 0 saturated carbocycles. The van der Waals surface area contributed by atoms with Crippen LogP contribution in [0, 0.1) is 0 Å². The Hall–Kier alpha value is -2.22. The number of hydrogen-bond donors (Lipinski definition) is 2. The summed E-state index contributed by atoms with van der Waals surface area (Å²) in [4.78, 5) is 35.8. The fourth-order valence-electron chi connectivity index (χ4n) is 2.02. The molecule has 8 heteroatoms. The topological polar surface area (TPSA) is 104 Å². The van der Waals surface area contributed by atoms with Gasteiger partial charge >= 0.3 is 0 Å². The van der Waals surface area contributed by atoms with Crippen molar-refractivity contribution >= 4 is 17.5 Å². The van der Waals surface area contributed by atoms with E-state index in [0.29, 0.717) is 24.6 Å². The summed E-state index contributed by atoms with van der Waals surface area (Å²) >= 11 is 0. The van der Waals surface area contributed by atoms with Crippen molar-refractivity contribution in [1.29, 1.82) is 0 Å². The van der Waals surface area contributed by atoms with E-state index < -0.39 is 0 Å². The van der Waals surface area contributed by atoms with E-state index >= 15 is 0 Å². The monoisotopic (exact) mass is 292 g/mol. The van der Waals surface area contributed by atoms with Crippen molar-refractivity contribution in [2.24, 2.45) is 5.84 Å². The third kappa shape index (κ3) is 3.10. The Morgan fingerprint density at radius 2 is 2.14 bits per heavy atom. The molecule has 0 aromatic carbocycles. The van der Waals surface area contributed by atoms with Gasteiger partial charge in [-0.15, -0.1) is 0 Å². The van der Waals surface area contributed by atoms with E-state index in [9.17, 15) is 9.59 Å². The van der Waals surface area contributed by atoms with E-state index in [-0.39, 0.29) is 30.0 Å². The predicted octanol–water partition coefficient (Wildman–Crippen LogP) is -0.200. The van der Waals surface area contributed by atoms with Crippen LogP contribution in [0.1, 0.15) is 36.1 Å². The number of amides is 2. The summed E-state index contributed by atoms with van der Waals surface area (Å²) in [6.07, 6.45) is 1.49. The van der Waals surface area contributed by atoms with Gasteiger partial charge in [0.25, 0.3) is 5.91 Å². The number of nitrogens with zero attached hydrogens (tertiary/aromatic N) is 4. The number of hydrazine groups is 1. The van der Waals surface area contributed by atoms with Crippen LogP contribution in [0.15, 0.2) is 6.20 Å². The first kappa shape index (κ1) is 15.2. The van der Waals surface area contributed by atoms with E-state index in [1.807, 2.05) is 13.8 Å². The van der Waals surface area contributed by atoms with Crippen LogP contribution >= 0.6 is 0 Å². The molecular formula is C13H20N6O2. The molecule has 0 radical (unpaired) electrons. The summed E-state index contributed by atoms with van der Waals surface area (Å²) in [5.41, 5.74) is 2.99. The molecule has 0 spiro atoms. The maximum Gasteiger partial charge on any atom is 0.275 e. The zero-order valence-electron chi connectivity index (χ0n) is 12.5. The summed E-state index contributed by atoms with van der Waals surface area (Å²) in [5.74, 6) is 5.68. The lowest BCUT2D eigenvalue weighted by molar-refractivity contribution is -0.133. The molecule has 2 rings (SSSR count). The van der Waals surface area contributed by atoms with E-state index in [2.05, 4.69) is 15.4 Å². The second kappa shape index (κ2) is 6.04. The zero-order chi connectivity index (χ0) is 15.6. The third-order valence-corrected chi connectivity index (χ3v) is 3.43. The van der Waals surface area contributed by atoms with Gasteiger partial charge in [-0.05, 0) is 0 Å². The molecule has 21 heavy (non-hydrogen) atoms. The number of piperazine rings is 1. The van der Waals surface area contributed by atoms with E-state index in [0.717, 1.165) is 0 Å². The van der Waals surface area contributed by atoms with Crippen molar-refractivity contribution in [2.45, 2.75) is 19.8 Å². The summed E-state index contributed by atoms with van der Waals surface area (Å²) in [6, 6.07) is 0. The van der Waals surface area contributed by atoms with Crippen molar-refractivity contribution in [3.05, 3.63) is 17.7 Å². The minimum absolute atomic E-state index is 0.0559. The normalized spacial score (nSPS) is 15.6. The molecule has 2 amide bonds. The molecule has 2 heterocycles. The average Bonchev–Trinajstić information content (AvgIpc) is 2.48. The summed E-state index contributed by atoms with van der Waals surface area (Å²) in [5, 5.41) is 0. The molecule has 1 aliphatic rings. The van der Waals surface area contributed by atoms with Crippen LogP contribution < -0.4 is 11.3 Å². The van der Waals surface area contributed by atoms with Gasteiger partial charge in [-0.3, -0.25) is 15.4 Å². The van der Waals surface area contributed by atoms with E-state index in [4.69, 9.17) is 5.84 Å². The van der Waals surface area contributed by atoms with Crippen molar-refractivity contribution in [2.75, 3.05) is 32.1 Å². The maximum atomic E-state index is 12.6. The van der Waals surface area contributed by atoms with Crippen LogP contribution in [-0.4, -0.2) is 58.3 Å². The van der Waals surface area contributed by atoms with Gasteiger partial charge in [0.05, 0.1) is 11.9 Å². The van der Waals surface area contributed by atoms with Crippen LogP contribution in [0.25, 0.3) is 0 Å². The molecule has 0 bridgehead atoms. The lowest BCUT2D eigenvalue weighted by Gasteiger charge is -2.32. The van der Waals surface area contributed by atoms with Crippen LogP contribution in [0.5, 0.6) is 0 Å². The molecule has 1 fully saturated rings. The second-order valence-corrected chi connectivity index (χ2v) is 5.33. The zero-order valence-corrected chi connectivity index (χ0v) is 12.5. The molecule has 3 N–H and O–H groups in total. The van der Waals surface area contributed by atoms with Crippen LogP contribution in [-0.2, 0) is 4.79 Å². The first-order valence-electron chi connectivity index (χ1n) is 6.80. The van der Waals surface area contributed by atoms with Gasteiger partial charge in [0, 0.05) is 26.1 Å². The first-order valence-corrected chi connectivity index (χ1v) is 6.80. The number of carbonyl (C=O) groups is 2. The van der Waals surface area contributed by atoms with Gasteiger partial charge < -0.3 is 15.2 Å². The number of likely N-dealkylation sites (N-methyl/N-ethyl adjacent to an activating group) is 1. The number of anilines is 1. The van der Waals surface area contributed by atoms with Crippen molar-refractivity contribution in [3.63, 3.8) is 0 Å². The van der Waals surface area contributed by atoms with Crippen molar-refractivity contribution < 1.29 is 9.59 Å². The lowest BCUT2D eigenvalue weighted by Crippen LogP contribution is -2.51. The lowest BCUT2D eigenvalue weighted by atomic mass is 10.2. The van der Waals surface area contributed by atoms with Gasteiger partial charge in [-0.25, -0.2) is 9.97 Å². The van der Waals surface area contributed by atoms with E-state index in [1.165, 1.54) is 11.1 Å². The smallest absolute Gasteiger partial charge is 0.275 e. The van der Waals surface area contributed by atoms with Crippen LogP contribution in [0.3, 0.4) is 0 Å². The fourth-order valence-corrected chi connectivity index (χ4v) is 2.02. The Labute approximate surface area is 123 Å². The first-order chi connectivity index (χ1) is 9.93. The molecule has 0 atom stereocenters. The van der Waals surface area contributed by atoms with Crippen LogP contribution in [0.4, 0.5) is 5.69 Å². The van der Waals surface area contributed by atoms with Crippen molar-refractivity contribution in [3.8, 4) is 0 Å². The minimum atomic E-state index is -0.311. The summed E-state index contributed by atoms with van der Waals surface area (Å²) < 4.78 is 0. The maximum absolute atomic E-state index is 12.6. The Morgan fingerprint density at radius 3 is 2.71 bits per heavy atom. The average molecular weight is 292 g/mol. The minimum Gasteiger partial charge on any atom is -0.342 e. The predicted molar refractivity (Wildman–Crippen MR) is 77.5 cm³/mol. The van der Waals surface area contributed by atoms with Crippen molar-refractivity contribution in [1.82, 2.24) is 19.8 Å². The number of rotatable bonds is 3. The highest BCUT2D eigenvalue weighted by molar-refractivity contribution is 5.99. The number of carbonyl (C=O) groups excluding carboxylic acids is 2. The number of hydrogen-bond acceptors (Lipinski definition) is 6.